The van der Waals surface area contributed by atoms with E-state index in [0.29, 0.717) is 5.56 Å². The van der Waals surface area contributed by atoms with E-state index < -0.39 is 283 Å². The number of aryl methyl sites for hydroxylation is 5. The summed E-state index contributed by atoms with van der Waals surface area (Å²) in [6, 6.07) is 0. The van der Waals surface area contributed by atoms with Crippen LogP contribution in [0.2, 0.25) is 0 Å². The predicted octanol–water partition coefficient (Wildman–Crippen LogP) is -2.07. The number of nitrogen functional groups attached to an aromatic ring is 3. The molecule has 9 aliphatic rings. The van der Waals surface area contributed by atoms with Gasteiger partial charge in [-0.1, -0.05) is 0 Å². The number of aromatic amines is 4. The second-order valence-corrected chi connectivity index (χ2v) is 49.4. The summed E-state index contributed by atoms with van der Waals surface area (Å²) in [5, 5.41) is 11.0. The molecule has 30 atom stereocenters. The van der Waals surface area contributed by atoms with E-state index in [0.717, 1.165) is 42.3 Å². The minimum absolute atomic E-state index is 0.00101. The minimum atomic E-state index is -4.97. The molecule has 6 bridgehead atoms. The van der Waals surface area contributed by atoms with Gasteiger partial charge in [0.15, 0.2) is 29.8 Å². The molecule has 0 saturated carbocycles. The fourth-order valence-corrected chi connectivity index (χ4v) is 25.3. The molecule has 0 aliphatic carbocycles. The number of hydrogen-bond donors (Lipinski definition) is 14. The van der Waals surface area contributed by atoms with Crippen molar-refractivity contribution in [3.8, 4) is 0 Å². The highest BCUT2D eigenvalue weighted by atomic mass is 32.5. The van der Waals surface area contributed by atoms with Gasteiger partial charge in [-0.2, -0.15) is 15.0 Å². The van der Waals surface area contributed by atoms with Crippen LogP contribution in [0.1, 0.15) is 105 Å². The Morgan fingerprint density at radius 3 is 1.16 bits per heavy atom. The summed E-state index contributed by atoms with van der Waals surface area (Å²) in [6.07, 6.45) is -23.0. The van der Waals surface area contributed by atoms with Crippen LogP contribution in [-0.4, -0.2) is 257 Å². The van der Waals surface area contributed by atoms with E-state index in [4.69, 9.17) is 185 Å². The van der Waals surface area contributed by atoms with Gasteiger partial charge in [0, 0.05) is 85.2 Å². The first-order chi connectivity index (χ1) is 62.3. The summed E-state index contributed by atoms with van der Waals surface area (Å²) >= 11 is 33.6. The summed E-state index contributed by atoms with van der Waals surface area (Å²) in [4.78, 5) is 216. The van der Waals surface area contributed by atoms with Gasteiger partial charge in [0.05, 0.1) is 82.6 Å². The van der Waals surface area contributed by atoms with Gasteiger partial charge < -0.3 is 135 Å². The van der Waals surface area contributed by atoms with E-state index >= 15 is 0 Å². The maximum absolute atomic E-state index is 13.9. The number of rotatable bonds is 35. The Balaban J connectivity index is 0.640. The lowest BCUT2D eigenvalue weighted by Gasteiger charge is -2.38. The lowest BCUT2D eigenvalue weighted by Crippen LogP contribution is -2.52. The molecule has 0 amide bonds. The molecule has 0 aromatic carbocycles. The topological polar surface area (TPSA) is 711 Å². The molecule has 7 aromatic heterocycles. The number of nitrogens with two attached hydrogens (primary N) is 3. The molecule has 7 aromatic rings. The quantitative estimate of drug-likeness (QED) is 0.0190. The zero-order chi connectivity index (χ0) is 96.2. The van der Waals surface area contributed by atoms with Crippen molar-refractivity contribution in [1.82, 2.24) is 67.3 Å². The Morgan fingerprint density at radius 2 is 0.759 bits per heavy atom. The van der Waals surface area contributed by atoms with Crippen molar-refractivity contribution in [3.63, 3.8) is 0 Å². The molecule has 0 radical (unpaired) electrons. The van der Waals surface area contributed by atoms with Crippen molar-refractivity contribution < 1.29 is 131 Å². The number of aliphatic hydroxyl groups excluding tert-OH is 1. The van der Waals surface area contributed by atoms with Gasteiger partial charge in [-0.15, -0.1) is 0 Å². The smallest absolute Gasteiger partial charge is 0.351 e. The highest BCUT2D eigenvalue weighted by Crippen LogP contribution is 2.64. The van der Waals surface area contributed by atoms with E-state index in [-0.39, 0.29) is 63.8 Å². The lowest BCUT2D eigenvalue weighted by atomic mass is 9.94. The zero-order valence-electron chi connectivity index (χ0n) is 70.7. The van der Waals surface area contributed by atoms with Crippen molar-refractivity contribution in [2.45, 2.75) is 220 Å². The first-order valence-corrected chi connectivity index (χ1v) is 55.6. The number of nitrogens with zero attached hydrogens (tertiary/aromatic N) is 10. The average Bonchev–Trinajstić information content (AvgIpc) is 1.55. The van der Waals surface area contributed by atoms with Crippen LogP contribution in [0.15, 0.2) is 80.5 Å². The number of hydrogen-bond acceptors (Lipinski definition) is 44. The third-order valence-corrected chi connectivity index (χ3v) is 33.5. The molecule has 9 saturated heterocycles. The third-order valence-electron chi connectivity index (χ3n) is 24.0. The molecule has 17 N–H and O–H groups in total. The molecular weight excluding hydrogens is 2010 g/mol. The summed E-state index contributed by atoms with van der Waals surface area (Å²) < 4.78 is 136. The van der Waals surface area contributed by atoms with E-state index in [1.807, 2.05) is 0 Å². The fourth-order valence-electron chi connectivity index (χ4n) is 17.1. The van der Waals surface area contributed by atoms with Crippen LogP contribution in [0.5, 0.6) is 0 Å². The number of aromatic nitrogens is 14. The maximum Gasteiger partial charge on any atom is 0.351 e. The Bertz CT molecular complexity index is 6670. The van der Waals surface area contributed by atoms with Crippen molar-refractivity contribution >= 4 is 140 Å². The van der Waals surface area contributed by atoms with E-state index in [1.165, 1.54) is 71.0 Å². The maximum atomic E-state index is 13.9. The lowest BCUT2D eigenvalue weighted by molar-refractivity contribution is -0.219. The number of H-pyrrole nitrogens is 4. The van der Waals surface area contributed by atoms with E-state index in [9.17, 15) is 77.6 Å². The monoisotopic (exact) mass is 2100 g/mol. The van der Waals surface area contributed by atoms with Crippen molar-refractivity contribution in [2.75, 3.05) is 64.0 Å². The fraction of sp³-hybridized carbons (Fsp3) is 0.627. The normalized spacial score (nSPS) is 34.4. The van der Waals surface area contributed by atoms with E-state index in [1.54, 1.807) is 13.8 Å². The van der Waals surface area contributed by atoms with Crippen LogP contribution < -0.4 is 67.9 Å². The van der Waals surface area contributed by atoms with Gasteiger partial charge in [-0.05, 0) is 126 Å². The predicted molar refractivity (Wildman–Crippen MR) is 475 cm³/mol. The van der Waals surface area contributed by atoms with Crippen molar-refractivity contribution in [2.24, 2.45) is 0 Å². The molecule has 66 heteroatoms. The van der Waals surface area contributed by atoms with Gasteiger partial charge in [0.25, 0.3) is 22.2 Å². The number of nitrogens with one attached hydrogen (secondary N) is 4. The molecule has 12 unspecified atom stereocenters. The highest BCUT2D eigenvalue weighted by molar-refractivity contribution is 8.08. The Labute approximate surface area is 777 Å². The third kappa shape index (κ3) is 19.8. The summed E-state index contributed by atoms with van der Waals surface area (Å²) in [5.74, 6) is -0.488. The van der Waals surface area contributed by atoms with Crippen LogP contribution in [0.3, 0.4) is 0 Å². The van der Waals surface area contributed by atoms with Crippen molar-refractivity contribution in [1.29, 1.82) is 0 Å². The molecule has 730 valence electrons. The summed E-state index contributed by atoms with van der Waals surface area (Å²) in [6.45, 7) is -21.2. The van der Waals surface area contributed by atoms with Gasteiger partial charge in [-0.3, -0.25) is 80.1 Å². The van der Waals surface area contributed by atoms with Gasteiger partial charge in [-0.25, -0.2) is 29.0 Å². The molecular formula is C67H89N17O37P6S6. The molecule has 133 heavy (non-hydrogen) atoms. The summed E-state index contributed by atoms with van der Waals surface area (Å²) in [7, 11) is 1.11. The molecule has 16 heterocycles. The van der Waals surface area contributed by atoms with Crippen molar-refractivity contribution in [3.05, 3.63) is 159 Å². The SMILES string of the molecule is COP(O)(=S)OC1C[C@H](n2cnc3c(=O)[nH]c(N)nc32)O[C@@H]1COP(O)(=S)OC1C[C@H](n2cc(C)c(=O)[nH]c2=O)O[C@@H]1COP(O)(=S)OC1C[C@H](n2cc(C)c(=O)[nH]c2=O)O[C@@H]1COP(O)(=S)OC1[C@@H]2O[C@@H](C)[C@]1(COP(O)(=S)OC1[C@@H]3O[C@@H](C)[C@]1(COP(O)(=S)OC1[C@@H]4O[C@@H](C)[C@]1(CO)O[C@H]4n1cc(C)c(N)nc1=O)O[C@H]3n1cc(C)c(=O)[nH]c1=O)O[C@H]2n1cc(C)c(N)nc1=O. The number of anilines is 3. The van der Waals surface area contributed by atoms with Crippen LogP contribution in [0.25, 0.3) is 11.2 Å². The number of aliphatic hydroxyl groups is 1. The second-order valence-electron chi connectivity index (χ2n) is 32.5. The molecule has 9 aliphatic heterocycles. The average molecular weight is 2100 g/mol. The summed E-state index contributed by atoms with van der Waals surface area (Å²) in [5.41, 5.74) is 4.67. The van der Waals surface area contributed by atoms with Crippen LogP contribution in [0.4, 0.5) is 17.6 Å². The largest absolute Gasteiger partial charge is 0.393 e. The minimum Gasteiger partial charge on any atom is -0.393 e. The van der Waals surface area contributed by atoms with E-state index in [2.05, 4.69) is 39.9 Å². The molecule has 0 spiro atoms. The van der Waals surface area contributed by atoms with Crippen LogP contribution in [0, 0.1) is 34.6 Å². The number of ether oxygens (including phenoxy) is 9. The number of fused-ring (bicyclic) bond motifs is 7. The molecule has 54 nitrogen and oxygen atoms in total. The Morgan fingerprint density at radius 1 is 0.429 bits per heavy atom. The molecule has 16 rings (SSSR count). The number of imidazole rings is 1. The second kappa shape index (κ2) is 37.4. The van der Waals surface area contributed by atoms with Gasteiger partial charge in [0.2, 0.25) is 5.95 Å². The zero-order valence-corrected chi connectivity index (χ0v) is 80.9. The first kappa shape index (κ1) is 100. The molecule has 9 fully saturated rings. The van der Waals surface area contributed by atoms with Gasteiger partial charge >= 0.3 is 68.8 Å². The first-order valence-electron chi connectivity index (χ1n) is 40.1. The van der Waals surface area contributed by atoms with Crippen LogP contribution in [-0.2, 0) is 168 Å². The van der Waals surface area contributed by atoms with Gasteiger partial charge in [0.1, 0.15) is 102 Å². The Kier molecular flexibility index (Phi) is 28.2. The standard InChI is InChI=1S/C67H89N17O37P6S6/c1-25-13-81(60(90)72-49(25)68)56-43-46(65(21-85,113-56)30(6)107-43)119-126(99,132)105-23-67-32(8)109-45(58(115-67)83-17-29(5)54(88)78-64(83)94)48(67)121-127(100,133)106-22-66-31(7)108-44(57(114-66)82-14-26(2)50(69)73-61(82)91)47(66)120-125(98,131)104-20-38-35(11-40(111-38)80-16-28(4)53(87)77-63(80)93)118-124(97,130)103-19-37-34(10-39(110-37)79-15-27(3)52(86)76-62(79)92)117-123(96,129)102-18-36-33(116-122(95,128)101-9)12-41(112-36)84-24-71-42-51(84)74-59(70)75-55(42)89/h13-17,24,30-41,43-48,56-58,85H,10-12,18-23H2,1-9H3,(H,95,128)(H,96,129)(H,97,130)(H,98,131)(H,99,132)(H,100,133)(H2,68,72,90)(H2,69,73,91)(H,76,86,92)(H,77,87,93)(H,78,88,94)(H3,70,74,75,89)/t30-,31-,32-,33?,34?,35?,36+,37+,38+,39+,40+,41+,43-,44-,45-,46?,47?,48?,56+,57+,58+,65-,66-,67-,122?,123?,124?,125?,126?,127?/m0/s1. The highest BCUT2D eigenvalue weighted by Gasteiger charge is 2.72. The van der Waals surface area contributed by atoms with Crippen LogP contribution >= 0.6 is 40.3 Å². The Hall–Kier alpha value is -5.67.